The van der Waals surface area contributed by atoms with Crippen molar-refractivity contribution in [1.29, 1.82) is 0 Å². The van der Waals surface area contributed by atoms with E-state index in [-0.39, 0.29) is 11.9 Å². The Morgan fingerprint density at radius 3 is 2.57 bits per heavy atom. The molecule has 1 heterocycles. The van der Waals surface area contributed by atoms with Gasteiger partial charge in [-0.15, -0.1) is 0 Å². The van der Waals surface area contributed by atoms with Gasteiger partial charge in [-0.2, -0.15) is 0 Å². The number of ether oxygens (including phenoxy) is 1. The van der Waals surface area contributed by atoms with Crippen molar-refractivity contribution < 1.29 is 9.53 Å². The first kappa shape index (κ1) is 15.8. The third kappa shape index (κ3) is 4.46. The molecule has 116 valence electrons. The Labute approximate surface area is 127 Å². The number of nitrogens with two attached hydrogens (primary N) is 1. The Morgan fingerprint density at radius 2 is 1.90 bits per heavy atom. The Bertz CT molecular complexity index is 468. The summed E-state index contributed by atoms with van der Waals surface area (Å²) in [6, 6.07) is 7.90. The van der Waals surface area contributed by atoms with Gasteiger partial charge in [-0.1, -0.05) is 18.2 Å². The zero-order valence-corrected chi connectivity index (χ0v) is 13.0. The number of hydrogen-bond donors (Lipinski definition) is 1. The monoisotopic (exact) mass is 290 g/mol. The van der Waals surface area contributed by atoms with E-state index in [0.29, 0.717) is 0 Å². The number of carbonyl (C=O) groups is 1. The largest absolute Gasteiger partial charge is 0.481 e. The average Bonchev–Trinajstić information content (AvgIpc) is 2.49. The summed E-state index contributed by atoms with van der Waals surface area (Å²) >= 11 is 0. The number of carbonyl (C=O) groups excluding carboxylic acids is 1. The molecule has 0 radical (unpaired) electrons. The molecule has 1 fully saturated rings. The molecule has 1 amide bonds. The smallest absolute Gasteiger partial charge is 0.263 e. The molecule has 1 aliphatic rings. The van der Waals surface area contributed by atoms with Crippen LogP contribution in [-0.2, 0) is 11.2 Å². The van der Waals surface area contributed by atoms with E-state index in [9.17, 15) is 4.79 Å². The fraction of sp³-hybridized carbons (Fsp3) is 0.588. The van der Waals surface area contributed by atoms with E-state index in [1.165, 1.54) is 6.42 Å². The van der Waals surface area contributed by atoms with Gasteiger partial charge in [0.15, 0.2) is 6.10 Å². The van der Waals surface area contributed by atoms with Crippen molar-refractivity contribution in [2.75, 3.05) is 13.1 Å². The normalized spacial score (nSPS) is 18.1. The molecule has 2 atom stereocenters. The van der Waals surface area contributed by atoms with Crippen LogP contribution >= 0.6 is 0 Å². The van der Waals surface area contributed by atoms with Crippen LogP contribution in [0.25, 0.3) is 0 Å². The maximum Gasteiger partial charge on any atom is 0.263 e. The van der Waals surface area contributed by atoms with Crippen molar-refractivity contribution in [3.8, 4) is 5.75 Å². The van der Waals surface area contributed by atoms with Crippen LogP contribution in [0.1, 0.15) is 38.7 Å². The van der Waals surface area contributed by atoms with Crippen molar-refractivity contribution >= 4 is 5.91 Å². The van der Waals surface area contributed by atoms with Gasteiger partial charge in [-0.3, -0.25) is 4.79 Å². The molecule has 1 aromatic carbocycles. The van der Waals surface area contributed by atoms with Gasteiger partial charge >= 0.3 is 0 Å². The van der Waals surface area contributed by atoms with Crippen LogP contribution in [0.4, 0.5) is 0 Å². The lowest BCUT2D eigenvalue weighted by atomic mass is 10.1. The summed E-state index contributed by atoms with van der Waals surface area (Å²) in [6.07, 6.45) is 3.72. The predicted molar refractivity (Wildman–Crippen MR) is 84.3 cm³/mol. The average molecular weight is 290 g/mol. The summed E-state index contributed by atoms with van der Waals surface area (Å²) in [6.45, 7) is 5.51. The third-order valence-electron chi connectivity index (χ3n) is 3.83. The zero-order valence-electron chi connectivity index (χ0n) is 13.0. The molecule has 2 rings (SSSR count). The highest BCUT2D eigenvalue weighted by Gasteiger charge is 2.24. The van der Waals surface area contributed by atoms with Crippen molar-refractivity contribution in [3.63, 3.8) is 0 Å². The predicted octanol–water partition coefficient (Wildman–Crippen LogP) is 2.36. The minimum Gasteiger partial charge on any atom is -0.481 e. The molecule has 0 spiro atoms. The molecular weight excluding hydrogens is 264 g/mol. The number of hydrogen-bond acceptors (Lipinski definition) is 3. The van der Waals surface area contributed by atoms with Gasteiger partial charge in [-0.25, -0.2) is 0 Å². The second kappa shape index (κ2) is 7.46. The first-order valence-electron chi connectivity index (χ1n) is 7.87. The SMILES string of the molecule is CC(N)Cc1ccccc1OC(C)C(=O)N1CCCCC1. The summed E-state index contributed by atoms with van der Waals surface area (Å²) < 4.78 is 5.91. The highest BCUT2D eigenvalue weighted by molar-refractivity contribution is 5.81. The second-order valence-electron chi connectivity index (χ2n) is 5.94. The zero-order chi connectivity index (χ0) is 15.2. The van der Waals surface area contributed by atoms with Crippen molar-refractivity contribution in [2.24, 2.45) is 5.73 Å². The number of amides is 1. The molecule has 2 N–H and O–H groups in total. The Balaban J connectivity index is 2.01. The highest BCUT2D eigenvalue weighted by atomic mass is 16.5. The number of nitrogens with zero attached hydrogens (tertiary/aromatic N) is 1. The summed E-state index contributed by atoms with van der Waals surface area (Å²) in [5.74, 6) is 0.859. The number of rotatable bonds is 5. The molecule has 0 saturated carbocycles. The van der Waals surface area contributed by atoms with Gasteiger partial charge in [-0.05, 0) is 51.2 Å². The number of benzene rings is 1. The van der Waals surface area contributed by atoms with Crippen LogP contribution in [-0.4, -0.2) is 36.0 Å². The summed E-state index contributed by atoms with van der Waals surface area (Å²) in [4.78, 5) is 14.3. The van der Waals surface area contributed by atoms with Gasteiger partial charge in [0.05, 0.1) is 0 Å². The van der Waals surface area contributed by atoms with E-state index >= 15 is 0 Å². The molecule has 1 saturated heterocycles. The molecule has 4 nitrogen and oxygen atoms in total. The Hall–Kier alpha value is -1.55. The maximum absolute atomic E-state index is 12.4. The van der Waals surface area contributed by atoms with Crippen LogP contribution in [0.2, 0.25) is 0 Å². The van der Waals surface area contributed by atoms with Crippen LogP contribution in [0.5, 0.6) is 5.75 Å². The molecule has 4 heteroatoms. The topological polar surface area (TPSA) is 55.6 Å². The van der Waals surface area contributed by atoms with Crippen molar-refractivity contribution in [2.45, 2.75) is 51.7 Å². The van der Waals surface area contributed by atoms with E-state index in [2.05, 4.69) is 0 Å². The van der Waals surface area contributed by atoms with E-state index in [0.717, 1.165) is 43.7 Å². The molecule has 1 aliphatic heterocycles. The summed E-state index contributed by atoms with van der Waals surface area (Å²) in [5, 5.41) is 0. The lowest BCUT2D eigenvalue weighted by molar-refractivity contribution is -0.138. The fourth-order valence-corrected chi connectivity index (χ4v) is 2.75. The van der Waals surface area contributed by atoms with Gasteiger partial charge in [0, 0.05) is 19.1 Å². The molecule has 2 unspecified atom stereocenters. The fourth-order valence-electron chi connectivity index (χ4n) is 2.75. The second-order valence-corrected chi connectivity index (χ2v) is 5.94. The molecular formula is C17H26N2O2. The molecule has 0 bridgehead atoms. The summed E-state index contributed by atoms with van der Waals surface area (Å²) in [7, 11) is 0. The Morgan fingerprint density at radius 1 is 1.24 bits per heavy atom. The Kier molecular flexibility index (Phi) is 5.62. The molecule has 0 aliphatic carbocycles. The van der Waals surface area contributed by atoms with Crippen LogP contribution in [0, 0.1) is 0 Å². The lowest BCUT2D eigenvalue weighted by Gasteiger charge is -2.29. The van der Waals surface area contributed by atoms with Gasteiger partial charge in [0.1, 0.15) is 5.75 Å². The summed E-state index contributed by atoms with van der Waals surface area (Å²) in [5.41, 5.74) is 6.93. The molecule has 0 aromatic heterocycles. The van der Waals surface area contributed by atoms with Crippen molar-refractivity contribution in [1.82, 2.24) is 4.90 Å². The van der Waals surface area contributed by atoms with E-state index in [4.69, 9.17) is 10.5 Å². The minimum absolute atomic E-state index is 0.0721. The van der Waals surface area contributed by atoms with E-state index < -0.39 is 6.10 Å². The van der Waals surface area contributed by atoms with Crippen LogP contribution < -0.4 is 10.5 Å². The quantitative estimate of drug-likeness (QED) is 0.905. The lowest BCUT2D eigenvalue weighted by Crippen LogP contribution is -2.43. The van der Waals surface area contributed by atoms with E-state index in [1.807, 2.05) is 43.0 Å². The maximum atomic E-state index is 12.4. The van der Waals surface area contributed by atoms with Crippen LogP contribution in [0.15, 0.2) is 24.3 Å². The number of likely N-dealkylation sites (tertiary alicyclic amines) is 1. The first-order valence-corrected chi connectivity index (χ1v) is 7.87. The van der Waals surface area contributed by atoms with Gasteiger partial charge < -0.3 is 15.4 Å². The molecule has 1 aromatic rings. The standard InChI is InChI=1S/C17H26N2O2/c1-13(18)12-15-8-4-5-9-16(15)21-14(2)17(20)19-10-6-3-7-11-19/h4-5,8-9,13-14H,3,6-7,10-12,18H2,1-2H3. The molecule has 21 heavy (non-hydrogen) atoms. The van der Waals surface area contributed by atoms with Crippen molar-refractivity contribution in [3.05, 3.63) is 29.8 Å². The van der Waals surface area contributed by atoms with Crippen LogP contribution in [0.3, 0.4) is 0 Å². The van der Waals surface area contributed by atoms with Gasteiger partial charge in [0.2, 0.25) is 0 Å². The third-order valence-corrected chi connectivity index (χ3v) is 3.83. The number of para-hydroxylation sites is 1. The van der Waals surface area contributed by atoms with E-state index in [1.54, 1.807) is 0 Å². The first-order chi connectivity index (χ1) is 10.1. The minimum atomic E-state index is -0.447. The number of piperidine rings is 1. The highest BCUT2D eigenvalue weighted by Crippen LogP contribution is 2.21. The van der Waals surface area contributed by atoms with Gasteiger partial charge in [0.25, 0.3) is 5.91 Å².